The number of nitrogens with zero attached hydrogens (tertiary/aromatic N) is 6. The number of fused-ring (bicyclic) bond motifs is 1. The number of hydrogen-bond acceptors (Lipinski definition) is 7. The van der Waals surface area contributed by atoms with E-state index in [1.54, 1.807) is 29.2 Å². The van der Waals surface area contributed by atoms with E-state index in [9.17, 15) is 9.59 Å². The number of amides is 1. The minimum Gasteiger partial charge on any atom is -0.444 e. The summed E-state index contributed by atoms with van der Waals surface area (Å²) < 4.78 is 22.3. The second-order valence-corrected chi connectivity index (χ2v) is 14.5. The molecule has 0 unspecified atom stereocenters. The quantitative estimate of drug-likeness (QED) is 0.214. The van der Waals surface area contributed by atoms with Gasteiger partial charge in [-0.3, -0.25) is 4.98 Å². The number of hydrogen-bond donors (Lipinski definition) is 0. The molecule has 1 saturated heterocycles. The van der Waals surface area contributed by atoms with Crippen LogP contribution in [0.25, 0.3) is 28.0 Å². The fourth-order valence-corrected chi connectivity index (χ4v) is 6.32. The minimum atomic E-state index is -0.632. The van der Waals surface area contributed by atoms with Gasteiger partial charge in [-0.2, -0.15) is 4.98 Å². The largest absolute Gasteiger partial charge is 0.444 e. The number of carbonyl (C=O) groups excluding carboxylic acids is 1. The summed E-state index contributed by atoms with van der Waals surface area (Å²) in [4.78, 5) is 45.7. The van der Waals surface area contributed by atoms with Gasteiger partial charge >= 0.3 is 11.8 Å². The van der Waals surface area contributed by atoms with Gasteiger partial charge in [0.2, 0.25) is 0 Å². The van der Waals surface area contributed by atoms with Crippen LogP contribution in [0.3, 0.4) is 0 Å². The molecule has 9 nitrogen and oxygen atoms in total. The molecule has 0 radical (unpaired) electrons. The third-order valence-corrected chi connectivity index (χ3v) is 8.70. The number of aromatic nitrogens is 4. The van der Waals surface area contributed by atoms with Crippen LogP contribution in [0.5, 0.6) is 0 Å². The number of halogens is 2. The Balaban J connectivity index is 1.77. The van der Waals surface area contributed by atoms with Crippen molar-refractivity contribution in [3.63, 3.8) is 0 Å². The molecular formula is C36H44ClFN6O3. The molecular weight excluding hydrogens is 619 g/mol. The molecule has 0 N–H and O–H groups in total. The molecule has 47 heavy (non-hydrogen) atoms. The van der Waals surface area contributed by atoms with Crippen LogP contribution in [0.2, 0.25) is 5.02 Å². The standard InChI is InChI=1S/C36H44ClFN6O3/c1-19(2)28-15-21(5)31(29(39-28)20(3)4)44-33-25(16-26(37)30(40-33)24-13-11-12-14-27(24)38)32(41-34(44)45)42-17-23(7)43(18-22(42)6)35(46)47-36(8,9)10/h11-16,19-20,22-23H,17-18H2,1-10H3/t22-,23+/m0/s1. The van der Waals surface area contributed by atoms with Gasteiger partial charge in [-0.1, -0.05) is 51.4 Å². The Kier molecular flexibility index (Phi) is 9.38. The number of carbonyl (C=O) groups is 1. The van der Waals surface area contributed by atoms with Crippen molar-refractivity contribution in [3.8, 4) is 16.9 Å². The second kappa shape index (κ2) is 12.9. The van der Waals surface area contributed by atoms with Crippen LogP contribution in [0.4, 0.5) is 15.0 Å². The maximum Gasteiger partial charge on any atom is 0.410 e. The maximum atomic E-state index is 15.1. The molecule has 4 aromatic rings. The van der Waals surface area contributed by atoms with Crippen molar-refractivity contribution in [2.24, 2.45) is 0 Å². The number of pyridine rings is 2. The summed E-state index contributed by atoms with van der Waals surface area (Å²) in [6.07, 6.45) is -0.391. The van der Waals surface area contributed by atoms with Gasteiger partial charge in [-0.15, -0.1) is 0 Å². The monoisotopic (exact) mass is 662 g/mol. The lowest BCUT2D eigenvalue weighted by atomic mass is 10.00. The molecule has 4 heterocycles. The zero-order chi connectivity index (χ0) is 34.5. The molecule has 0 aliphatic carbocycles. The molecule has 0 saturated carbocycles. The average molecular weight is 663 g/mol. The van der Waals surface area contributed by atoms with Crippen molar-refractivity contribution in [1.29, 1.82) is 0 Å². The molecule has 1 aliphatic rings. The maximum absolute atomic E-state index is 15.1. The van der Waals surface area contributed by atoms with E-state index >= 15 is 4.39 Å². The van der Waals surface area contributed by atoms with Crippen molar-refractivity contribution in [3.05, 3.63) is 74.7 Å². The molecule has 0 bridgehead atoms. The molecule has 1 aliphatic heterocycles. The summed E-state index contributed by atoms with van der Waals surface area (Å²) in [7, 11) is 0. The Morgan fingerprint density at radius 2 is 1.68 bits per heavy atom. The van der Waals surface area contributed by atoms with E-state index in [4.69, 9.17) is 26.3 Å². The fraction of sp³-hybridized carbons (Fsp3) is 0.472. The number of anilines is 1. The highest BCUT2D eigenvalue weighted by Gasteiger charge is 2.36. The van der Waals surface area contributed by atoms with E-state index in [0.29, 0.717) is 35.6 Å². The molecule has 1 amide bonds. The SMILES string of the molecule is Cc1cc(C(C)C)nc(C(C)C)c1-n1c(=O)nc(N2C[C@@H](C)N(C(=O)OC(C)(C)C)C[C@@H]2C)c2cc(Cl)c(-c3ccccc3F)nc21. The molecule has 250 valence electrons. The first-order chi connectivity index (χ1) is 22.0. The topological polar surface area (TPSA) is 93.5 Å². The number of benzene rings is 1. The summed E-state index contributed by atoms with van der Waals surface area (Å²) in [5, 5.41) is 0.750. The van der Waals surface area contributed by atoms with Crippen LogP contribution in [0.1, 0.15) is 91.1 Å². The van der Waals surface area contributed by atoms with Crippen molar-refractivity contribution < 1.29 is 13.9 Å². The fourth-order valence-electron chi connectivity index (χ4n) is 6.07. The Morgan fingerprint density at radius 1 is 1.00 bits per heavy atom. The van der Waals surface area contributed by atoms with Gasteiger partial charge in [0.15, 0.2) is 5.65 Å². The van der Waals surface area contributed by atoms with Crippen LogP contribution >= 0.6 is 11.6 Å². The van der Waals surface area contributed by atoms with Gasteiger partial charge < -0.3 is 14.5 Å². The van der Waals surface area contributed by atoms with Crippen LogP contribution in [-0.4, -0.2) is 61.3 Å². The normalized spacial score (nSPS) is 17.2. The van der Waals surface area contributed by atoms with E-state index in [1.165, 1.54) is 10.6 Å². The summed E-state index contributed by atoms with van der Waals surface area (Å²) in [5.41, 5.74) is 2.67. The van der Waals surface area contributed by atoms with Crippen LogP contribution in [-0.2, 0) is 4.74 Å². The third kappa shape index (κ3) is 6.70. The van der Waals surface area contributed by atoms with Gasteiger partial charge in [0, 0.05) is 36.4 Å². The summed E-state index contributed by atoms with van der Waals surface area (Å²) in [5.74, 6) is 0.0763. The Morgan fingerprint density at radius 3 is 2.30 bits per heavy atom. The van der Waals surface area contributed by atoms with Gasteiger partial charge in [0.1, 0.15) is 17.2 Å². The van der Waals surface area contributed by atoms with Gasteiger partial charge in [-0.05, 0) is 83.2 Å². The van der Waals surface area contributed by atoms with E-state index in [0.717, 1.165) is 17.0 Å². The third-order valence-electron chi connectivity index (χ3n) is 8.41. The van der Waals surface area contributed by atoms with Crippen LogP contribution in [0, 0.1) is 12.7 Å². The van der Waals surface area contributed by atoms with E-state index in [1.807, 2.05) is 66.4 Å². The van der Waals surface area contributed by atoms with Crippen molar-refractivity contribution in [2.45, 2.75) is 98.8 Å². The highest BCUT2D eigenvalue weighted by molar-refractivity contribution is 6.33. The molecule has 2 atom stereocenters. The zero-order valence-electron chi connectivity index (χ0n) is 28.9. The van der Waals surface area contributed by atoms with E-state index in [-0.39, 0.29) is 40.2 Å². The molecule has 5 rings (SSSR count). The molecule has 1 aromatic carbocycles. The zero-order valence-corrected chi connectivity index (χ0v) is 29.6. The van der Waals surface area contributed by atoms with Crippen molar-refractivity contribution in [2.75, 3.05) is 18.0 Å². The highest BCUT2D eigenvalue weighted by Crippen LogP contribution is 2.37. The number of ether oxygens (including phenoxy) is 1. The molecule has 0 spiro atoms. The number of rotatable bonds is 5. The van der Waals surface area contributed by atoms with Crippen molar-refractivity contribution >= 4 is 34.5 Å². The van der Waals surface area contributed by atoms with Crippen LogP contribution < -0.4 is 10.6 Å². The summed E-state index contributed by atoms with van der Waals surface area (Å²) in [6.45, 7) is 20.4. The van der Waals surface area contributed by atoms with E-state index in [2.05, 4.69) is 18.8 Å². The number of piperazine rings is 1. The lowest BCUT2D eigenvalue weighted by Crippen LogP contribution is -2.59. The highest BCUT2D eigenvalue weighted by atomic mass is 35.5. The van der Waals surface area contributed by atoms with Gasteiger partial charge in [-0.25, -0.2) is 23.5 Å². The van der Waals surface area contributed by atoms with Crippen molar-refractivity contribution in [1.82, 2.24) is 24.4 Å². The predicted molar refractivity (Wildman–Crippen MR) is 185 cm³/mol. The lowest BCUT2D eigenvalue weighted by molar-refractivity contribution is 0.0130. The second-order valence-electron chi connectivity index (χ2n) is 14.1. The average Bonchev–Trinajstić information content (AvgIpc) is 2.97. The lowest BCUT2D eigenvalue weighted by Gasteiger charge is -2.44. The Bertz CT molecular complexity index is 1900. The summed E-state index contributed by atoms with van der Waals surface area (Å²) >= 11 is 6.87. The summed E-state index contributed by atoms with van der Waals surface area (Å²) in [6, 6.07) is 9.51. The van der Waals surface area contributed by atoms with E-state index < -0.39 is 23.2 Å². The number of aryl methyl sites for hydroxylation is 1. The van der Waals surface area contributed by atoms with Crippen LogP contribution in [0.15, 0.2) is 41.2 Å². The first kappa shape index (κ1) is 34.3. The molecule has 3 aromatic heterocycles. The predicted octanol–water partition coefficient (Wildman–Crippen LogP) is 8.02. The molecule has 11 heteroatoms. The Labute approximate surface area is 280 Å². The minimum absolute atomic E-state index is 0.0239. The smallest absolute Gasteiger partial charge is 0.410 e. The first-order valence-electron chi connectivity index (χ1n) is 16.1. The van der Waals surface area contributed by atoms with Gasteiger partial charge in [0.05, 0.1) is 27.5 Å². The molecule has 1 fully saturated rings. The van der Waals surface area contributed by atoms with Gasteiger partial charge in [0.25, 0.3) is 0 Å². The first-order valence-corrected chi connectivity index (χ1v) is 16.5. The Hall–Kier alpha value is -4.05.